The fourth-order valence-corrected chi connectivity index (χ4v) is 1.88. The van der Waals surface area contributed by atoms with E-state index in [4.69, 9.17) is 5.26 Å². The normalized spacial score (nSPS) is 14.3. The highest BCUT2D eigenvalue weighted by atomic mass is 32.1. The number of anilines is 1. The lowest BCUT2D eigenvalue weighted by atomic mass is 10.2. The average molecular weight is 162 g/mol. The maximum atomic E-state index is 8.60. The van der Waals surface area contributed by atoms with E-state index in [0.717, 1.165) is 16.1 Å². The third-order valence-electron chi connectivity index (χ3n) is 1.61. The molecule has 0 saturated carbocycles. The van der Waals surface area contributed by atoms with Gasteiger partial charge in [-0.05, 0) is 17.5 Å². The molecule has 1 aromatic rings. The summed E-state index contributed by atoms with van der Waals surface area (Å²) in [5.74, 6) is 0. The minimum atomic E-state index is 0.667. The first-order valence-electron chi connectivity index (χ1n) is 3.32. The Hall–Kier alpha value is -1.27. The van der Waals surface area contributed by atoms with Gasteiger partial charge in [-0.2, -0.15) is 5.26 Å². The SMILES string of the molecule is N#CC1=Cc2sccc2NC1. The predicted octanol–water partition coefficient (Wildman–Crippen LogP) is 2.08. The van der Waals surface area contributed by atoms with Crippen LogP contribution in [0.25, 0.3) is 6.08 Å². The molecule has 1 aromatic heterocycles. The molecule has 0 unspecified atom stereocenters. The minimum absolute atomic E-state index is 0.667. The first-order chi connectivity index (χ1) is 5.40. The average Bonchev–Trinajstić information content (AvgIpc) is 2.50. The molecule has 0 aromatic carbocycles. The zero-order valence-corrected chi connectivity index (χ0v) is 6.61. The Balaban J connectivity index is 2.47. The minimum Gasteiger partial charge on any atom is -0.379 e. The lowest BCUT2D eigenvalue weighted by molar-refractivity contribution is 1.26. The Morgan fingerprint density at radius 2 is 2.55 bits per heavy atom. The van der Waals surface area contributed by atoms with Gasteiger partial charge in [0.2, 0.25) is 0 Å². The molecule has 0 radical (unpaired) electrons. The number of thiophene rings is 1. The molecule has 1 aliphatic rings. The highest BCUT2D eigenvalue weighted by molar-refractivity contribution is 7.11. The van der Waals surface area contributed by atoms with Crippen LogP contribution in [0.5, 0.6) is 0 Å². The molecule has 2 heterocycles. The zero-order valence-electron chi connectivity index (χ0n) is 5.79. The van der Waals surface area contributed by atoms with Crippen molar-refractivity contribution in [1.29, 1.82) is 5.26 Å². The molecule has 1 N–H and O–H groups in total. The smallest absolute Gasteiger partial charge is 0.0966 e. The van der Waals surface area contributed by atoms with Crippen molar-refractivity contribution in [3.8, 4) is 6.07 Å². The third-order valence-corrected chi connectivity index (χ3v) is 2.48. The van der Waals surface area contributed by atoms with E-state index in [1.807, 2.05) is 17.5 Å². The van der Waals surface area contributed by atoms with E-state index in [0.29, 0.717) is 6.54 Å². The summed E-state index contributed by atoms with van der Waals surface area (Å²) in [7, 11) is 0. The van der Waals surface area contributed by atoms with Gasteiger partial charge in [-0.3, -0.25) is 0 Å². The molecule has 0 amide bonds. The molecular formula is C8H6N2S. The fourth-order valence-electron chi connectivity index (χ4n) is 1.05. The number of nitrogens with one attached hydrogen (secondary N) is 1. The summed E-state index contributed by atoms with van der Waals surface area (Å²) in [6, 6.07) is 4.17. The van der Waals surface area contributed by atoms with Crippen molar-refractivity contribution in [2.45, 2.75) is 0 Å². The van der Waals surface area contributed by atoms with Crippen molar-refractivity contribution in [3.05, 3.63) is 21.9 Å². The lowest BCUT2D eigenvalue weighted by Crippen LogP contribution is -2.07. The Morgan fingerprint density at radius 1 is 1.64 bits per heavy atom. The first kappa shape index (κ1) is 6.44. The van der Waals surface area contributed by atoms with Crippen LogP contribution in [0, 0.1) is 11.3 Å². The van der Waals surface area contributed by atoms with Gasteiger partial charge >= 0.3 is 0 Å². The van der Waals surface area contributed by atoms with E-state index < -0.39 is 0 Å². The van der Waals surface area contributed by atoms with Gasteiger partial charge < -0.3 is 5.32 Å². The highest BCUT2D eigenvalue weighted by Crippen LogP contribution is 2.28. The number of nitriles is 1. The molecule has 2 nitrogen and oxygen atoms in total. The lowest BCUT2D eigenvalue weighted by Gasteiger charge is -2.09. The maximum Gasteiger partial charge on any atom is 0.0966 e. The topological polar surface area (TPSA) is 35.8 Å². The molecular weight excluding hydrogens is 156 g/mol. The fraction of sp³-hybridized carbons (Fsp3) is 0.125. The summed E-state index contributed by atoms with van der Waals surface area (Å²) in [6.45, 7) is 0.667. The molecule has 0 aliphatic carbocycles. The van der Waals surface area contributed by atoms with Crippen molar-refractivity contribution < 1.29 is 0 Å². The van der Waals surface area contributed by atoms with Gasteiger partial charge in [0.15, 0.2) is 0 Å². The van der Waals surface area contributed by atoms with Gasteiger partial charge in [-0.25, -0.2) is 0 Å². The van der Waals surface area contributed by atoms with Crippen LogP contribution in [0.3, 0.4) is 0 Å². The van der Waals surface area contributed by atoms with Crippen molar-refractivity contribution in [1.82, 2.24) is 0 Å². The summed E-state index contributed by atoms with van der Waals surface area (Å²) in [5.41, 5.74) is 1.95. The van der Waals surface area contributed by atoms with E-state index in [-0.39, 0.29) is 0 Å². The van der Waals surface area contributed by atoms with Gasteiger partial charge in [-0.1, -0.05) is 0 Å². The van der Waals surface area contributed by atoms with Crippen LogP contribution < -0.4 is 5.32 Å². The molecule has 11 heavy (non-hydrogen) atoms. The van der Waals surface area contributed by atoms with Crippen molar-refractivity contribution in [2.24, 2.45) is 0 Å². The van der Waals surface area contributed by atoms with Gasteiger partial charge in [0.1, 0.15) is 0 Å². The Kier molecular flexibility index (Phi) is 1.41. The summed E-state index contributed by atoms with van der Waals surface area (Å²) in [5, 5.41) is 13.8. The standard InChI is InChI=1S/C8H6N2S/c9-4-6-3-8-7(10-5-6)1-2-11-8/h1-3,10H,5H2. The zero-order chi connectivity index (χ0) is 7.68. The Bertz CT molecular complexity index is 343. The Morgan fingerprint density at radius 3 is 3.36 bits per heavy atom. The van der Waals surface area contributed by atoms with Gasteiger partial charge in [-0.15, -0.1) is 11.3 Å². The number of rotatable bonds is 0. The van der Waals surface area contributed by atoms with Crippen LogP contribution in [0.15, 0.2) is 17.0 Å². The number of hydrogen-bond donors (Lipinski definition) is 1. The number of fused-ring (bicyclic) bond motifs is 1. The molecule has 0 atom stereocenters. The van der Waals surface area contributed by atoms with Crippen LogP contribution in [-0.2, 0) is 0 Å². The molecule has 0 spiro atoms. The third kappa shape index (κ3) is 1.02. The van der Waals surface area contributed by atoms with Crippen LogP contribution in [0.4, 0.5) is 5.69 Å². The van der Waals surface area contributed by atoms with E-state index in [1.165, 1.54) is 0 Å². The van der Waals surface area contributed by atoms with Crippen molar-refractivity contribution in [2.75, 3.05) is 11.9 Å². The molecule has 2 rings (SSSR count). The van der Waals surface area contributed by atoms with E-state index in [1.54, 1.807) is 11.3 Å². The van der Waals surface area contributed by atoms with Gasteiger partial charge in [0, 0.05) is 0 Å². The van der Waals surface area contributed by atoms with Crippen molar-refractivity contribution in [3.63, 3.8) is 0 Å². The second-order valence-electron chi connectivity index (χ2n) is 2.33. The summed E-state index contributed by atoms with van der Waals surface area (Å²) < 4.78 is 0. The molecule has 0 saturated heterocycles. The van der Waals surface area contributed by atoms with Crippen LogP contribution in [0.2, 0.25) is 0 Å². The second-order valence-corrected chi connectivity index (χ2v) is 3.28. The summed E-state index contributed by atoms with van der Waals surface area (Å²) >= 11 is 1.65. The molecule has 54 valence electrons. The second kappa shape index (κ2) is 2.40. The van der Waals surface area contributed by atoms with Gasteiger partial charge in [0.05, 0.1) is 28.8 Å². The van der Waals surface area contributed by atoms with Crippen LogP contribution in [0.1, 0.15) is 4.88 Å². The summed E-state index contributed by atoms with van der Waals surface area (Å²) in [4.78, 5) is 1.16. The monoisotopic (exact) mass is 162 g/mol. The van der Waals surface area contributed by atoms with E-state index in [2.05, 4.69) is 11.4 Å². The molecule has 1 aliphatic heterocycles. The van der Waals surface area contributed by atoms with E-state index in [9.17, 15) is 0 Å². The number of nitrogens with zero attached hydrogens (tertiary/aromatic N) is 1. The highest BCUT2D eigenvalue weighted by Gasteiger charge is 2.08. The Labute approximate surface area is 68.8 Å². The molecule has 3 heteroatoms. The van der Waals surface area contributed by atoms with E-state index >= 15 is 0 Å². The van der Waals surface area contributed by atoms with Crippen LogP contribution >= 0.6 is 11.3 Å². The molecule has 0 bridgehead atoms. The predicted molar refractivity (Wildman–Crippen MR) is 46.4 cm³/mol. The number of hydrogen-bond acceptors (Lipinski definition) is 3. The maximum absolute atomic E-state index is 8.60. The van der Waals surface area contributed by atoms with Crippen LogP contribution in [-0.4, -0.2) is 6.54 Å². The first-order valence-corrected chi connectivity index (χ1v) is 4.20. The summed E-state index contributed by atoms with van der Waals surface area (Å²) in [6.07, 6.45) is 1.94. The van der Waals surface area contributed by atoms with Crippen molar-refractivity contribution >= 4 is 23.1 Å². The quantitative estimate of drug-likeness (QED) is 0.634. The largest absolute Gasteiger partial charge is 0.379 e. The molecule has 0 fully saturated rings. The van der Waals surface area contributed by atoms with Gasteiger partial charge in [0.25, 0.3) is 0 Å².